The number of fused-ring (bicyclic) bond motifs is 12. The van der Waals surface area contributed by atoms with Gasteiger partial charge in [0.2, 0.25) is 0 Å². The molecule has 4 aromatic heterocycles. The van der Waals surface area contributed by atoms with Gasteiger partial charge in [-0.3, -0.25) is 0 Å². The summed E-state index contributed by atoms with van der Waals surface area (Å²) in [7, 11) is 0. The fraction of sp³-hybridized carbons (Fsp3) is 0.0833. The second-order valence-corrected chi connectivity index (χ2v) is 21.7. The Balaban J connectivity index is 0.887. The molecule has 5 nitrogen and oxygen atoms in total. The van der Waals surface area contributed by atoms with E-state index in [4.69, 9.17) is 0 Å². The van der Waals surface area contributed by atoms with Gasteiger partial charge in [-0.25, -0.2) is 0 Å². The minimum Gasteiger partial charge on any atom is -0.386 e. The summed E-state index contributed by atoms with van der Waals surface area (Å²) in [6.07, 6.45) is 0. The maximum absolute atomic E-state index is 12.5. The minimum absolute atomic E-state index is 0.155. The van der Waals surface area contributed by atoms with Crippen molar-refractivity contribution in [3.63, 3.8) is 0 Å². The second kappa shape index (κ2) is 17.1. The summed E-state index contributed by atoms with van der Waals surface area (Å²) in [5.41, 5.74) is 19.1. The highest BCUT2D eigenvalue weighted by Gasteiger charge is 2.28. The van der Waals surface area contributed by atoms with Crippen LogP contribution in [0, 0.1) is 0 Å². The van der Waals surface area contributed by atoms with Crippen molar-refractivity contribution >= 4 is 87.2 Å². The molecule has 0 radical (unpaired) electrons. The van der Waals surface area contributed by atoms with Crippen molar-refractivity contribution in [2.24, 2.45) is 0 Å². The summed E-state index contributed by atoms with van der Waals surface area (Å²) in [4.78, 5) is 0. The zero-order valence-corrected chi connectivity index (χ0v) is 43.4. The molecule has 368 valence electrons. The molecule has 0 bridgehead atoms. The number of rotatable bonds is 8. The molecule has 0 aliphatic rings. The summed E-state index contributed by atoms with van der Waals surface area (Å²) >= 11 is 0. The van der Waals surface area contributed by atoms with E-state index in [-0.39, 0.29) is 5.92 Å². The maximum Gasteiger partial charge on any atom is 0.0861 e. The van der Waals surface area contributed by atoms with Crippen molar-refractivity contribution in [2.75, 3.05) is 0 Å². The lowest BCUT2D eigenvalue weighted by Gasteiger charge is -2.27. The monoisotopic (exact) mass is 990 g/mol. The van der Waals surface area contributed by atoms with E-state index in [9.17, 15) is 5.11 Å². The smallest absolute Gasteiger partial charge is 0.0861 e. The Hall–Kier alpha value is -9.42. The molecule has 0 saturated carbocycles. The predicted octanol–water partition coefficient (Wildman–Crippen LogP) is 18.8. The quantitative estimate of drug-likeness (QED) is 0.162. The number of hydrogen-bond donors (Lipinski definition) is 1. The Labute approximate surface area is 446 Å². The van der Waals surface area contributed by atoms with Gasteiger partial charge in [0, 0.05) is 60.0 Å². The SMILES string of the molecule is CC(C)c1cc(-n2c3ccccc3c3cc(-c4ccc5c(c4)c4ccccc4n5-c4ccccc4)ccc32)c(C(C)(C)O)cc1-n1c2ccccc2c2cc(-c3ccc4c(c3)c3ccccc3n4-c3ccccc3)ccc21. The lowest BCUT2D eigenvalue weighted by Crippen LogP contribution is -2.20. The molecular weight excluding hydrogens is 937 g/mol. The van der Waals surface area contributed by atoms with Gasteiger partial charge in [0.1, 0.15) is 0 Å². The molecule has 15 aromatic rings. The van der Waals surface area contributed by atoms with Crippen molar-refractivity contribution in [3.05, 3.63) is 254 Å². The lowest BCUT2D eigenvalue weighted by atomic mass is 9.90. The number of aromatic nitrogens is 4. The van der Waals surface area contributed by atoms with E-state index in [2.05, 4.69) is 275 Å². The van der Waals surface area contributed by atoms with Gasteiger partial charge in [0.15, 0.2) is 0 Å². The van der Waals surface area contributed by atoms with Gasteiger partial charge in [-0.15, -0.1) is 0 Å². The summed E-state index contributed by atoms with van der Waals surface area (Å²) < 4.78 is 9.57. The average Bonchev–Trinajstić information content (AvgIpc) is 4.26. The van der Waals surface area contributed by atoms with Crippen molar-refractivity contribution < 1.29 is 5.11 Å². The summed E-state index contributed by atoms with van der Waals surface area (Å²) in [5.74, 6) is 0.155. The fourth-order valence-corrected chi connectivity index (χ4v) is 12.8. The molecule has 0 atom stereocenters. The van der Waals surface area contributed by atoms with Gasteiger partial charge in [-0.05, 0) is 157 Å². The fourth-order valence-electron chi connectivity index (χ4n) is 12.8. The molecule has 0 amide bonds. The van der Waals surface area contributed by atoms with Crippen LogP contribution in [-0.4, -0.2) is 23.4 Å². The summed E-state index contributed by atoms with van der Waals surface area (Å²) in [5, 5.41) is 22.1. The van der Waals surface area contributed by atoms with Crippen LogP contribution < -0.4 is 0 Å². The lowest BCUT2D eigenvalue weighted by molar-refractivity contribution is 0.0786. The van der Waals surface area contributed by atoms with Crippen molar-refractivity contribution in [1.29, 1.82) is 0 Å². The molecule has 77 heavy (non-hydrogen) atoms. The molecule has 0 aliphatic heterocycles. The molecule has 15 rings (SSSR count). The topological polar surface area (TPSA) is 39.9 Å². The van der Waals surface area contributed by atoms with E-state index < -0.39 is 5.60 Å². The number of benzene rings is 11. The predicted molar refractivity (Wildman–Crippen MR) is 324 cm³/mol. The van der Waals surface area contributed by atoms with Gasteiger partial charge in [-0.2, -0.15) is 0 Å². The van der Waals surface area contributed by atoms with Crippen LogP contribution >= 0.6 is 0 Å². The number of nitrogens with zero attached hydrogens (tertiary/aromatic N) is 4. The number of hydrogen-bond acceptors (Lipinski definition) is 1. The maximum atomic E-state index is 12.5. The van der Waals surface area contributed by atoms with Crippen LogP contribution in [0.25, 0.3) is 132 Å². The Morgan fingerprint density at radius 1 is 0.299 bits per heavy atom. The standard InChI is InChI=1S/C72H54N4O/c1-45(2)56-43-71(76-65-30-18-14-26-55(65)60-42-49(34-38-69(60)76)47-32-36-67-58(40-47)53-24-12-16-28-63(53)74(67)51-21-9-6-10-22-51)61(72(3,4)77)44-70(56)75-64-29-17-13-25-54(64)59-41-48(33-37-68(59)75)46-31-35-66-57(39-46)52-23-11-15-27-62(52)73(66)50-19-7-5-8-20-50/h5-45,77H,1-4H3. The zero-order valence-electron chi connectivity index (χ0n) is 43.4. The molecule has 0 fully saturated rings. The first-order chi connectivity index (χ1) is 37.7. The van der Waals surface area contributed by atoms with Crippen LogP contribution in [0.4, 0.5) is 0 Å². The second-order valence-electron chi connectivity index (χ2n) is 21.7. The number of aliphatic hydroxyl groups is 1. The van der Waals surface area contributed by atoms with Crippen LogP contribution in [-0.2, 0) is 5.60 Å². The minimum atomic E-state index is -1.19. The van der Waals surface area contributed by atoms with Crippen molar-refractivity contribution in [3.8, 4) is 45.0 Å². The third-order valence-corrected chi connectivity index (χ3v) is 16.3. The van der Waals surface area contributed by atoms with Gasteiger partial charge in [-0.1, -0.05) is 147 Å². The van der Waals surface area contributed by atoms with Crippen LogP contribution in [0.1, 0.15) is 44.7 Å². The first-order valence-electron chi connectivity index (χ1n) is 26.8. The molecule has 0 aliphatic carbocycles. The van der Waals surface area contributed by atoms with Crippen molar-refractivity contribution in [1.82, 2.24) is 18.3 Å². The van der Waals surface area contributed by atoms with E-state index in [1.165, 1.54) is 87.4 Å². The van der Waals surface area contributed by atoms with Crippen LogP contribution in [0.5, 0.6) is 0 Å². The Morgan fingerprint density at radius 2 is 0.597 bits per heavy atom. The van der Waals surface area contributed by atoms with E-state index >= 15 is 0 Å². The molecule has 4 heterocycles. The Kier molecular flexibility index (Phi) is 9.97. The van der Waals surface area contributed by atoms with Crippen LogP contribution in [0.2, 0.25) is 0 Å². The normalized spacial score (nSPS) is 12.3. The Morgan fingerprint density at radius 3 is 0.948 bits per heavy atom. The van der Waals surface area contributed by atoms with Crippen LogP contribution in [0.3, 0.4) is 0 Å². The molecule has 0 unspecified atom stereocenters. The van der Waals surface area contributed by atoms with Gasteiger partial charge in [0.05, 0.1) is 61.1 Å². The highest BCUT2D eigenvalue weighted by Crippen LogP contribution is 2.45. The molecular formula is C72H54N4O. The molecule has 0 spiro atoms. The summed E-state index contributed by atoms with van der Waals surface area (Å²) in [6.45, 7) is 8.42. The largest absolute Gasteiger partial charge is 0.386 e. The summed E-state index contributed by atoms with van der Waals surface area (Å²) in [6, 6.07) is 88.6. The van der Waals surface area contributed by atoms with E-state index in [0.717, 1.165) is 55.9 Å². The molecule has 11 aromatic carbocycles. The zero-order chi connectivity index (χ0) is 51.7. The third kappa shape index (κ3) is 6.90. The highest BCUT2D eigenvalue weighted by atomic mass is 16.3. The molecule has 5 heteroatoms. The van der Waals surface area contributed by atoms with Gasteiger partial charge < -0.3 is 23.4 Å². The molecule has 0 saturated heterocycles. The van der Waals surface area contributed by atoms with E-state index in [1.54, 1.807) is 0 Å². The average molecular weight is 991 g/mol. The first kappa shape index (κ1) is 45.0. The third-order valence-electron chi connectivity index (χ3n) is 16.3. The van der Waals surface area contributed by atoms with Gasteiger partial charge >= 0.3 is 0 Å². The van der Waals surface area contributed by atoms with Crippen molar-refractivity contribution in [2.45, 2.75) is 39.2 Å². The first-order valence-corrected chi connectivity index (χ1v) is 26.8. The number of para-hydroxylation sites is 6. The van der Waals surface area contributed by atoms with Crippen LogP contribution in [0.15, 0.2) is 243 Å². The van der Waals surface area contributed by atoms with E-state index in [1.807, 2.05) is 13.8 Å². The molecule has 1 N–H and O–H groups in total. The Bertz CT molecular complexity index is 4860. The highest BCUT2D eigenvalue weighted by molar-refractivity contribution is 6.15. The van der Waals surface area contributed by atoms with E-state index in [0.29, 0.717) is 0 Å². The van der Waals surface area contributed by atoms with Gasteiger partial charge in [0.25, 0.3) is 0 Å².